The van der Waals surface area contributed by atoms with Gasteiger partial charge in [-0.3, -0.25) is 4.79 Å². The van der Waals surface area contributed by atoms with Crippen molar-refractivity contribution in [1.29, 1.82) is 5.26 Å². The molecule has 0 atom stereocenters. The average molecular weight is 188 g/mol. The van der Waals surface area contributed by atoms with Crippen molar-refractivity contribution in [2.45, 2.75) is 0 Å². The lowest BCUT2D eigenvalue weighted by Crippen LogP contribution is -2.12. The summed E-state index contributed by atoms with van der Waals surface area (Å²) < 4.78 is 12.7. The number of amides is 1. The van der Waals surface area contributed by atoms with Crippen LogP contribution in [0.4, 0.5) is 4.39 Å². The van der Waals surface area contributed by atoms with E-state index in [1.165, 1.54) is 6.07 Å². The molecule has 1 aromatic rings. The van der Waals surface area contributed by atoms with Crippen LogP contribution < -0.4 is 5.73 Å². The van der Waals surface area contributed by atoms with E-state index in [-0.39, 0.29) is 11.1 Å². The molecule has 0 spiro atoms. The van der Waals surface area contributed by atoms with Crippen molar-refractivity contribution in [1.82, 2.24) is 0 Å². The Bertz CT molecular complexity index is 477. The molecule has 0 fully saturated rings. The molecule has 0 unspecified atom stereocenters. The first-order valence-electron chi connectivity index (χ1n) is 3.64. The van der Waals surface area contributed by atoms with E-state index >= 15 is 0 Å². The number of primary amides is 1. The lowest BCUT2D eigenvalue weighted by atomic mass is 10.1. The van der Waals surface area contributed by atoms with Gasteiger partial charge >= 0.3 is 0 Å². The maximum Gasteiger partial charge on any atom is 0.249 e. The third-order valence-corrected chi connectivity index (χ3v) is 1.50. The summed E-state index contributed by atoms with van der Waals surface area (Å²) >= 11 is 0. The first-order valence-corrected chi connectivity index (χ1v) is 3.64. The molecule has 1 rings (SSSR count). The highest BCUT2D eigenvalue weighted by Gasteiger charge is 2.06. The van der Waals surface area contributed by atoms with Crippen LogP contribution in [-0.4, -0.2) is 5.91 Å². The maximum atomic E-state index is 12.7. The molecule has 1 aromatic carbocycles. The molecule has 3 nitrogen and oxygen atoms in total. The molecule has 14 heavy (non-hydrogen) atoms. The highest BCUT2D eigenvalue weighted by Crippen LogP contribution is 2.09. The Morgan fingerprint density at radius 2 is 2.21 bits per heavy atom. The smallest absolute Gasteiger partial charge is 0.249 e. The molecule has 0 aliphatic heterocycles. The van der Waals surface area contributed by atoms with Gasteiger partial charge in [0.15, 0.2) is 6.07 Å². The summed E-state index contributed by atoms with van der Waals surface area (Å²) in [6.07, 6.45) is 0. The van der Waals surface area contributed by atoms with Gasteiger partial charge in [0, 0.05) is 11.5 Å². The Balaban J connectivity index is 3.31. The second-order valence-electron chi connectivity index (χ2n) is 2.42. The Labute approximate surface area is 79.9 Å². The second-order valence-corrected chi connectivity index (χ2v) is 2.42. The van der Waals surface area contributed by atoms with E-state index in [1.54, 1.807) is 6.07 Å². The van der Waals surface area contributed by atoms with Crippen molar-refractivity contribution in [3.63, 3.8) is 0 Å². The number of halogens is 1. The summed E-state index contributed by atoms with van der Waals surface area (Å²) in [7, 11) is 0. The van der Waals surface area contributed by atoms with E-state index in [1.807, 2.05) is 0 Å². The molecule has 2 N–H and O–H groups in total. The largest absolute Gasteiger partial charge is 0.366 e. The summed E-state index contributed by atoms with van der Waals surface area (Å²) in [4.78, 5) is 10.8. The number of carbonyl (C=O) groups is 1. The summed E-state index contributed by atoms with van der Waals surface area (Å²) in [5.74, 6) is 3.17. The van der Waals surface area contributed by atoms with E-state index in [4.69, 9.17) is 11.0 Å². The Morgan fingerprint density at radius 3 is 2.79 bits per heavy atom. The van der Waals surface area contributed by atoms with E-state index in [2.05, 4.69) is 11.8 Å². The van der Waals surface area contributed by atoms with Crippen molar-refractivity contribution < 1.29 is 9.18 Å². The first kappa shape index (κ1) is 9.76. The minimum absolute atomic E-state index is 0.106. The summed E-state index contributed by atoms with van der Waals surface area (Å²) in [5, 5.41) is 8.19. The first-order chi connectivity index (χ1) is 6.65. The zero-order valence-corrected chi connectivity index (χ0v) is 7.04. The van der Waals surface area contributed by atoms with Gasteiger partial charge in [0.25, 0.3) is 0 Å². The Hall–Kier alpha value is -2.33. The van der Waals surface area contributed by atoms with Crippen LogP contribution in [0.25, 0.3) is 0 Å². The van der Waals surface area contributed by atoms with E-state index < -0.39 is 11.7 Å². The maximum absolute atomic E-state index is 12.7. The Morgan fingerprint density at radius 1 is 1.50 bits per heavy atom. The van der Waals surface area contributed by atoms with Crippen LogP contribution in [-0.2, 0) is 0 Å². The molecule has 0 aliphatic carbocycles. The van der Waals surface area contributed by atoms with Gasteiger partial charge in [-0.05, 0) is 24.1 Å². The van der Waals surface area contributed by atoms with Crippen molar-refractivity contribution >= 4 is 5.91 Å². The van der Waals surface area contributed by atoms with E-state index in [9.17, 15) is 9.18 Å². The number of carbonyl (C=O) groups excluding carboxylic acids is 1. The third kappa shape index (κ3) is 2.09. The monoisotopic (exact) mass is 188 g/mol. The number of nitrogens with two attached hydrogens (primary N) is 1. The SMILES string of the molecule is N#CC#Cc1cc(F)ccc1C(N)=O. The van der Waals surface area contributed by atoms with Gasteiger partial charge in [0.05, 0.1) is 5.56 Å². The molecule has 1 amide bonds. The highest BCUT2D eigenvalue weighted by atomic mass is 19.1. The molecule has 4 heteroatoms. The molecule has 0 heterocycles. The standard InChI is InChI=1S/C10H5FN2O/c11-8-3-4-9(10(13)14)7(6-8)2-1-5-12/h3-4,6H,(H2,13,14). The molecule has 0 saturated carbocycles. The molecule has 68 valence electrons. The van der Waals surface area contributed by atoms with Gasteiger partial charge in [0.1, 0.15) is 5.82 Å². The lowest BCUT2D eigenvalue weighted by molar-refractivity contribution is 0.1000. The summed E-state index contributed by atoms with van der Waals surface area (Å²) in [6, 6.07) is 4.97. The number of benzene rings is 1. The highest BCUT2D eigenvalue weighted by molar-refractivity contribution is 5.95. The average Bonchev–Trinajstić information content (AvgIpc) is 2.14. The van der Waals surface area contributed by atoms with Crippen molar-refractivity contribution in [3.05, 3.63) is 35.1 Å². The van der Waals surface area contributed by atoms with Crippen LogP contribution in [0.3, 0.4) is 0 Å². The number of hydrogen-bond acceptors (Lipinski definition) is 2. The molecule has 0 saturated heterocycles. The lowest BCUT2D eigenvalue weighted by Gasteiger charge is -1.98. The number of nitriles is 1. The van der Waals surface area contributed by atoms with Gasteiger partial charge in [-0.1, -0.05) is 0 Å². The number of rotatable bonds is 1. The van der Waals surface area contributed by atoms with Crippen LogP contribution in [0.2, 0.25) is 0 Å². The van der Waals surface area contributed by atoms with Gasteiger partial charge in [-0.2, -0.15) is 5.26 Å². The van der Waals surface area contributed by atoms with E-state index in [0.29, 0.717) is 0 Å². The Kier molecular flexibility index (Phi) is 2.83. The molecule has 0 aliphatic rings. The quantitative estimate of drug-likeness (QED) is 0.662. The number of hydrogen-bond donors (Lipinski definition) is 1. The van der Waals surface area contributed by atoms with Crippen LogP contribution in [0.15, 0.2) is 18.2 Å². The van der Waals surface area contributed by atoms with Crippen molar-refractivity contribution in [3.8, 4) is 17.9 Å². The number of nitrogens with zero attached hydrogens (tertiary/aromatic N) is 1. The summed E-state index contributed by atoms with van der Waals surface area (Å²) in [5.41, 5.74) is 5.25. The molecular formula is C10H5FN2O. The van der Waals surface area contributed by atoms with Crippen molar-refractivity contribution in [2.24, 2.45) is 5.73 Å². The fourth-order valence-corrected chi connectivity index (χ4v) is 0.930. The molecular weight excluding hydrogens is 183 g/mol. The van der Waals surface area contributed by atoms with E-state index in [0.717, 1.165) is 12.1 Å². The van der Waals surface area contributed by atoms with Crippen LogP contribution in [0.1, 0.15) is 15.9 Å². The minimum atomic E-state index is -0.702. The predicted molar refractivity (Wildman–Crippen MR) is 47.4 cm³/mol. The van der Waals surface area contributed by atoms with Crippen LogP contribution in [0.5, 0.6) is 0 Å². The van der Waals surface area contributed by atoms with Gasteiger partial charge < -0.3 is 5.73 Å². The van der Waals surface area contributed by atoms with Gasteiger partial charge in [-0.25, -0.2) is 4.39 Å². The van der Waals surface area contributed by atoms with Crippen LogP contribution >= 0.6 is 0 Å². The van der Waals surface area contributed by atoms with Crippen molar-refractivity contribution in [2.75, 3.05) is 0 Å². The fraction of sp³-hybridized carbons (Fsp3) is 0. The second kappa shape index (κ2) is 4.06. The summed E-state index contributed by atoms with van der Waals surface area (Å²) in [6.45, 7) is 0. The predicted octanol–water partition coefficient (Wildman–Crippen LogP) is 0.800. The zero-order chi connectivity index (χ0) is 10.6. The normalized spacial score (nSPS) is 8.29. The molecule has 0 bridgehead atoms. The third-order valence-electron chi connectivity index (χ3n) is 1.50. The van der Waals surface area contributed by atoms with Crippen LogP contribution in [0, 0.1) is 29.0 Å². The minimum Gasteiger partial charge on any atom is -0.366 e. The fourth-order valence-electron chi connectivity index (χ4n) is 0.930. The topological polar surface area (TPSA) is 66.9 Å². The zero-order valence-electron chi connectivity index (χ0n) is 7.04. The van der Waals surface area contributed by atoms with Gasteiger partial charge in [0.2, 0.25) is 5.91 Å². The molecule has 0 radical (unpaired) electrons. The molecule has 0 aromatic heterocycles. The van der Waals surface area contributed by atoms with Gasteiger partial charge in [-0.15, -0.1) is 0 Å².